The highest BCUT2D eigenvalue weighted by Crippen LogP contribution is 2.41. The number of nitrogens with zero attached hydrogens (tertiary/aromatic N) is 2. The lowest BCUT2D eigenvalue weighted by Crippen LogP contribution is -2.28. The van der Waals surface area contributed by atoms with Crippen LogP contribution >= 0.6 is 0 Å². The van der Waals surface area contributed by atoms with Crippen LogP contribution in [0.25, 0.3) is 6.08 Å². The van der Waals surface area contributed by atoms with Crippen LogP contribution in [0.1, 0.15) is 44.4 Å². The van der Waals surface area contributed by atoms with Gasteiger partial charge < -0.3 is 4.90 Å². The van der Waals surface area contributed by atoms with Gasteiger partial charge in [0.15, 0.2) is 35.5 Å². The van der Waals surface area contributed by atoms with E-state index in [1.54, 1.807) is 16.7 Å². The number of hydrogen-bond acceptors (Lipinski definition) is 1. The first-order valence-electron chi connectivity index (χ1n) is 11.9. The summed E-state index contributed by atoms with van der Waals surface area (Å²) in [5.74, 6) is -9.68. The fourth-order valence-electron chi connectivity index (χ4n) is 4.82. The van der Waals surface area contributed by atoms with Crippen molar-refractivity contribution in [3.8, 4) is 0 Å². The van der Waals surface area contributed by atoms with Crippen LogP contribution in [0, 0.1) is 29.1 Å². The van der Waals surface area contributed by atoms with Crippen molar-refractivity contribution < 1.29 is 26.5 Å². The highest BCUT2D eigenvalue weighted by atomic mass is 19.2. The molecule has 188 valence electrons. The summed E-state index contributed by atoms with van der Waals surface area (Å²) in [5, 5.41) is 0. The molecule has 0 saturated carbocycles. The number of fused-ring (bicyclic) bond motifs is 1. The first kappa shape index (κ1) is 25.6. The number of anilines is 1. The van der Waals surface area contributed by atoms with E-state index in [-0.39, 0.29) is 0 Å². The molecule has 0 aliphatic carbocycles. The Balaban J connectivity index is 1.80. The lowest BCUT2D eigenvalue weighted by Gasteiger charge is -2.20. The molecule has 0 atom stereocenters. The maximum atomic E-state index is 14.6. The predicted molar refractivity (Wildman–Crippen MR) is 133 cm³/mol. The van der Waals surface area contributed by atoms with Crippen LogP contribution in [0.4, 0.5) is 33.3 Å². The molecule has 7 heteroatoms. The fourth-order valence-corrected chi connectivity index (χ4v) is 4.82. The van der Waals surface area contributed by atoms with E-state index in [1.807, 2.05) is 62.4 Å². The number of hydrogen-bond donors (Lipinski definition) is 0. The maximum Gasteiger partial charge on any atom is 0.210 e. The van der Waals surface area contributed by atoms with Gasteiger partial charge in [-0.2, -0.15) is 4.58 Å². The second kappa shape index (κ2) is 9.88. The summed E-state index contributed by atoms with van der Waals surface area (Å²) in [6, 6.07) is 15.3. The molecule has 0 radical (unpaired) electrons. The summed E-state index contributed by atoms with van der Waals surface area (Å²) in [7, 11) is 0. The van der Waals surface area contributed by atoms with E-state index in [9.17, 15) is 22.0 Å². The molecule has 3 aromatic carbocycles. The molecule has 0 spiro atoms. The van der Waals surface area contributed by atoms with Crippen molar-refractivity contribution in [2.75, 3.05) is 18.0 Å². The monoisotopic (exact) mass is 499 g/mol. The third-order valence-electron chi connectivity index (χ3n) is 6.87. The van der Waals surface area contributed by atoms with Gasteiger partial charge in [0.1, 0.15) is 0 Å². The van der Waals surface area contributed by atoms with E-state index in [2.05, 4.69) is 18.7 Å². The van der Waals surface area contributed by atoms with Gasteiger partial charge in [0, 0.05) is 36.5 Å². The van der Waals surface area contributed by atoms with Gasteiger partial charge in [-0.25, -0.2) is 22.0 Å². The number of para-hydroxylation sites is 1. The minimum atomic E-state index is -2.16. The number of rotatable bonds is 7. The van der Waals surface area contributed by atoms with E-state index in [4.69, 9.17) is 0 Å². The number of halogens is 5. The van der Waals surface area contributed by atoms with E-state index in [1.165, 1.54) is 0 Å². The molecular formula is C29H28F5N2+. The van der Waals surface area contributed by atoms with Crippen molar-refractivity contribution in [2.45, 2.75) is 39.7 Å². The predicted octanol–water partition coefficient (Wildman–Crippen LogP) is 7.52. The summed E-state index contributed by atoms with van der Waals surface area (Å²) >= 11 is 0. The van der Waals surface area contributed by atoms with Crippen molar-refractivity contribution in [3.05, 3.63) is 100 Å². The Kier molecular flexibility index (Phi) is 7.03. The molecule has 4 rings (SSSR count). The molecule has 1 aliphatic heterocycles. The van der Waals surface area contributed by atoms with Crippen LogP contribution in [0.2, 0.25) is 0 Å². The normalized spacial score (nSPS) is 14.6. The summed E-state index contributed by atoms with van der Waals surface area (Å²) in [4.78, 5) is 2.23. The zero-order valence-electron chi connectivity index (χ0n) is 20.7. The van der Waals surface area contributed by atoms with Gasteiger partial charge in [-0.05, 0) is 51.5 Å². The first-order chi connectivity index (χ1) is 17.1. The molecule has 3 aromatic rings. The summed E-state index contributed by atoms with van der Waals surface area (Å²) in [6.45, 7) is 9.39. The smallest absolute Gasteiger partial charge is 0.210 e. The SMILES string of the molecule is CCN(CC)c1ccc(C=CC2=[N+](Cc3c(F)c(F)c(F)c(F)c3F)c3ccccc3C2(C)C)cc1. The lowest BCUT2D eigenvalue weighted by molar-refractivity contribution is -0.455. The van der Waals surface area contributed by atoms with Crippen LogP contribution < -0.4 is 4.90 Å². The van der Waals surface area contributed by atoms with Crippen LogP contribution in [0.15, 0.2) is 54.6 Å². The topological polar surface area (TPSA) is 6.25 Å². The van der Waals surface area contributed by atoms with Gasteiger partial charge in [0.05, 0.1) is 11.0 Å². The molecule has 1 aliphatic rings. The zero-order valence-corrected chi connectivity index (χ0v) is 20.7. The van der Waals surface area contributed by atoms with Gasteiger partial charge in [0.25, 0.3) is 0 Å². The molecule has 2 nitrogen and oxygen atoms in total. The Hall–Kier alpha value is -3.48. The average Bonchev–Trinajstić information content (AvgIpc) is 3.10. The first-order valence-corrected chi connectivity index (χ1v) is 11.9. The van der Waals surface area contributed by atoms with Crippen LogP contribution in [0.5, 0.6) is 0 Å². The van der Waals surface area contributed by atoms with Crippen molar-refractivity contribution in [2.24, 2.45) is 0 Å². The lowest BCUT2D eigenvalue weighted by atomic mass is 9.81. The summed E-state index contributed by atoms with van der Waals surface area (Å²) in [6.07, 6.45) is 3.74. The van der Waals surface area contributed by atoms with Crippen molar-refractivity contribution in [3.63, 3.8) is 0 Å². The minimum absolute atomic E-state index is 0.507. The Morgan fingerprint density at radius 3 is 1.89 bits per heavy atom. The standard InChI is InChI=1S/C29H28F5N2/c1-5-35(6-2)19-14-11-18(12-15-19)13-16-23-29(3,4)21-9-7-8-10-22(21)36(23)17-20-24(30)26(32)28(34)27(33)25(20)31/h7-16H,5-6,17H2,1-4H3/q+1. The van der Waals surface area contributed by atoms with Crippen molar-refractivity contribution >= 4 is 23.2 Å². The Labute approximate surface area is 208 Å². The highest BCUT2D eigenvalue weighted by Gasteiger charge is 2.45. The van der Waals surface area contributed by atoms with E-state index < -0.39 is 46.6 Å². The molecule has 0 N–H and O–H groups in total. The average molecular weight is 500 g/mol. The van der Waals surface area contributed by atoms with E-state index in [0.717, 1.165) is 29.9 Å². The van der Waals surface area contributed by atoms with Gasteiger partial charge in [-0.1, -0.05) is 30.3 Å². The quantitative estimate of drug-likeness (QED) is 0.141. The molecule has 0 amide bonds. The number of allylic oxidation sites excluding steroid dienone is 1. The van der Waals surface area contributed by atoms with E-state index >= 15 is 0 Å². The second-order valence-electron chi connectivity index (χ2n) is 9.26. The minimum Gasteiger partial charge on any atom is -0.372 e. The fraction of sp³-hybridized carbons (Fsp3) is 0.276. The van der Waals surface area contributed by atoms with Crippen LogP contribution in [-0.4, -0.2) is 23.4 Å². The molecule has 0 bridgehead atoms. The molecule has 0 fully saturated rings. The molecule has 0 saturated heterocycles. The molecular weight excluding hydrogens is 471 g/mol. The molecule has 1 heterocycles. The third-order valence-corrected chi connectivity index (χ3v) is 6.87. The summed E-state index contributed by atoms with van der Waals surface area (Å²) < 4.78 is 72.3. The molecule has 0 aromatic heterocycles. The molecule has 36 heavy (non-hydrogen) atoms. The number of benzene rings is 3. The van der Waals surface area contributed by atoms with Crippen molar-refractivity contribution in [1.29, 1.82) is 0 Å². The van der Waals surface area contributed by atoms with Gasteiger partial charge in [-0.3, -0.25) is 0 Å². The van der Waals surface area contributed by atoms with Crippen LogP contribution in [-0.2, 0) is 12.0 Å². The Morgan fingerprint density at radius 2 is 1.31 bits per heavy atom. The van der Waals surface area contributed by atoms with Gasteiger partial charge >= 0.3 is 0 Å². The third kappa shape index (κ3) is 4.31. The molecule has 0 unspecified atom stereocenters. The zero-order chi connectivity index (χ0) is 26.2. The highest BCUT2D eigenvalue weighted by molar-refractivity contribution is 6.05. The largest absolute Gasteiger partial charge is 0.372 e. The van der Waals surface area contributed by atoms with Gasteiger partial charge in [0.2, 0.25) is 11.5 Å². The maximum absolute atomic E-state index is 14.6. The summed E-state index contributed by atoms with van der Waals surface area (Å²) in [5.41, 5.74) is 2.81. The van der Waals surface area contributed by atoms with Crippen molar-refractivity contribution in [1.82, 2.24) is 0 Å². The van der Waals surface area contributed by atoms with Crippen LogP contribution in [0.3, 0.4) is 0 Å². The Bertz CT molecular complexity index is 1320. The Morgan fingerprint density at radius 1 is 0.750 bits per heavy atom. The van der Waals surface area contributed by atoms with E-state index in [0.29, 0.717) is 11.4 Å². The van der Waals surface area contributed by atoms with Gasteiger partial charge in [-0.15, -0.1) is 0 Å². The second-order valence-corrected chi connectivity index (χ2v) is 9.26.